The van der Waals surface area contributed by atoms with Crippen LogP contribution in [0, 0.1) is 13.8 Å². The molecule has 0 bridgehead atoms. The van der Waals surface area contributed by atoms with Crippen LogP contribution in [-0.4, -0.2) is 21.0 Å². The van der Waals surface area contributed by atoms with Crippen LogP contribution >= 0.6 is 23.5 Å². The van der Waals surface area contributed by atoms with Crippen molar-refractivity contribution in [2.24, 2.45) is 9.98 Å². The van der Waals surface area contributed by atoms with Crippen LogP contribution in [-0.2, 0) is 0 Å². The van der Waals surface area contributed by atoms with Crippen molar-refractivity contribution in [3.63, 3.8) is 0 Å². The summed E-state index contributed by atoms with van der Waals surface area (Å²) in [5, 5.41) is 5.45. The first-order valence-corrected chi connectivity index (χ1v) is 9.33. The van der Waals surface area contributed by atoms with Gasteiger partial charge in [0.1, 0.15) is 9.63 Å². The van der Waals surface area contributed by atoms with Crippen molar-refractivity contribution in [2.45, 2.75) is 24.6 Å². The standard InChI is InChI=1S/C18H17N3S2/c1-11-3-7-13(8-4-11)16-20-15-17(22-16)23-18(21-15)19-14-9-5-12(2)6-10-14/h3-10,15,17H,1-2H3,(H,19,21)/t15-,17+/m1/s1. The number of rotatable bonds is 2. The number of benzene rings is 2. The molecule has 2 atom stereocenters. The number of hydrogen-bond acceptors (Lipinski definition) is 5. The Morgan fingerprint density at radius 2 is 1.48 bits per heavy atom. The number of fused-ring (bicyclic) bond motifs is 1. The Balaban J connectivity index is 1.48. The molecule has 0 radical (unpaired) electrons. The minimum atomic E-state index is 0.0225. The minimum absolute atomic E-state index is 0.0225. The maximum atomic E-state index is 4.79. The molecule has 0 amide bonds. The number of nitrogens with zero attached hydrogens (tertiary/aromatic N) is 2. The molecule has 0 unspecified atom stereocenters. The lowest BCUT2D eigenvalue weighted by Gasteiger charge is -2.07. The SMILES string of the molecule is Cc1ccc(NC2=N[C@H]3N=C(c4ccc(C)cc4)S[C@H]3S2)cc1. The number of aliphatic imine (C=N–C) groups is 2. The smallest absolute Gasteiger partial charge is 0.165 e. The van der Waals surface area contributed by atoms with Crippen LogP contribution in [0.25, 0.3) is 0 Å². The molecule has 116 valence electrons. The van der Waals surface area contributed by atoms with E-state index < -0.39 is 0 Å². The topological polar surface area (TPSA) is 36.8 Å². The van der Waals surface area contributed by atoms with E-state index in [1.54, 1.807) is 11.8 Å². The average molecular weight is 339 g/mol. The number of hydrogen-bond donors (Lipinski definition) is 1. The molecular weight excluding hydrogens is 322 g/mol. The van der Waals surface area contributed by atoms with Crippen LogP contribution in [0.2, 0.25) is 0 Å². The van der Waals surface area contributed by atoms with Crippen LogP contribution in [0.4, 0.5) is 5.69 Å². The molecular formula is C18H17N3S2. The fourth-order valence-corrected chi connectivity index (χ4v) is 4.93. The Morgan fingerprint density at radius 3 is 2.13 bits per heavy atom. The highest BCUT2D eigenvalue weighted by Crippen LogP contribution is 2.43. The molecule has 2 aliphatic heterocycles. The molecule has 3 nitrogen and oxygen atoms in total. The Bertz CT molecular complexity index is 779. The van der Waals surface area contributed by atoms with Gasteiger partial charge >= 0.3 is 0 Å². The molecule has 23 heavy (non-hydrogen) atoms. The summed E-state index contributed by atoms with van der Waals surface area (Å²) < 4.78 is 0.347. The molecule has 2 aliphatic rings. The lowest BCUT2D eigenvalue weighted by atomic mass is 10.2. The Kier molecular flexibility index (Phi) is 3.91. The normalized spacial score (nSPS) is 22.5. The molecule has 0 saturated carbocycles. The zero-order valence-corrected chi connectivity index (χ0v) is 14.6. The second-order valence-electron chi connectivity index (χ2n) is 5.74. The van der Waals surface area contributed by atoms with Crippen molar-refractivity contribution in [1.29, 1.82) is 0 Å². The predicted molar refractivity (Wildman–Crippen MR) is 103 cm³/mol. The van der Waals surface area contributed by atoms with Crippen molar-refractivity contribution < 1.29 is 0 Å². The molecule has 5 heteroatoms. The highest BCUT2D eigenvalue weighted by atomic mass is 32.2. The Labute approximate surface area is 144 Å². The second kappa shape index (κ2) is 6.06. The van der Waals surface area contributed by atoms with E-state index in [2.05, 4.69) is 67.7 Å². The fourth-order valence-electron chi connectivity index (χ4n) is 2.48. The van der Waals surface area contributed by atoms with E-state index in [4.69, 9.17) is 9.98 Å². The third-order valence-electron chi connectivity index (χ3n) is 3.80. The largest absolute Gasteiger partial charge is 0.335 e. The van der Waals surface area contributed by atoms with Gasteiger partial charge < -0.3 is 5.32 Å². The Hall–Kier alpha value is -1.72. The van der Waals surface area contributed by atoms with E-state index in [9.17, 15) is 0 Å². The maximum Gasteiger partial charge on any atom is 0.165 e. The van der Waals surface area contributed by atoms with Crippen molar-refractivity contribution >= 4 is 39.4 Å². The van der Waals surface area contributed by atoms with E-state index in [0.717, 1.165) is 15.9 Å². The molecule has 0 aromatic heterocycles. The molecule has 2 aromatic carbocycles. The minimum Gasteiger partial charge on any atom is -0.335 e. The highest BCUT2D eigenvalue weighted by Gasteiger charge is 2.37. The number of anilines is 1. The van der Waals surface area contributed by atoms with Crippen molar-refractivity contribution in [3.8, 4) is 0 Å². The van der Waals surface area contributed by atoms with Gasteiger partial charge in [-0.2, -0.15) is 0 Å². The monoisotopic (exact) mass is 339 g/mol. The molecule has 2 heterocycles. The number of nitrogens with one attached hydrogen (secondary N) is 1. The van der Waals surface area contributed by atoms with Gasteiger partial charge in [0.15, 0.2) is 11.3 Å². The molecule has 4 rings (SSSR count). The van der Waals surface area contributed by atoms with Gasteiger partial charge in [0.25, 0.3) is 0 Å². The van der Waals surface area contributed by atoms with Gasteiger partial charge in [-0.1, -0.05) is 71.0 Å². The van der Waals surface area contributed by atoms with Crippen LogP contribution in [0.1, 0.15) is 16.7 Å². The van der Waals surface area contributed by atoms with Crippen LogP contribution in [0.3, 0.4) is 0 Å². The van der Waals surface area contributed by atoms with E-state index in [1.165, 1.54) is 16.7 Å². The van der Waals surface area contributed by atoms with Gasteiger partial charge in [-0.3, -0.25) is 0 Å². The first-order valence-electron chi connectivity index (χ1n) is 7.57. The van der Waals surface area contributed by atoms with Gasteiger partial charge in [-0.15, -0.1) is 0 Å². The first kappa shape index (κ1) is 14.8. The summed E-state index contributed by atoms with van der Waals surface area (Å²) in [6.45, 7) is 4.19. The van der Waals surface area contributed by atoms with Crippen molar-refractivity contribution in [1.82, 2.24) is 0 Å². The third kappa shape index (κ3) is 3.16. The lowest BCUT2D eigenvalue weighted by Crippen LogP contribution is -2.06. The third-order valence-corrected chi connectivity index (χ3v) is 6.32. The Morgan fingerprint density at radius 1 is 0.826 bits per heavy atom. The zero-order valence-electron chi connectivity index (χ0n) is 13.0. The summed E-state index contributed by atoms with van der Waals surface area (Å²) in [6, 6.07) is 16.9. The van der Waals surface area contributed by atoms with Crippen molar-refractivity contribution in [2.75, 3.05) is 5.32 Å². The summed E-state index contributed by atoms with van der Waals surface area (Å²) in [7, 11) is 0. The van der Waals surface area contributed by atoms with E-state index in [-0.39, 0.29) is 6.17 Å². The van der Waals surface area contributed by atoms with Gasteiger partial charge in [0.2, 0.25) is 0 Å². The fraction of sp³-hybridized carbons (Fsp3) is 0.222. The molecule has 2 aromatic rings. The zero-order chi connectivity index (χ0) is 15.8. The summed E-state index contributed by atoms with van der Waals surface area (Å²) in [6.07, 6.45) is 0.0225. The first-order chi connectivity index (χ1) is 11.2. The van der Waals surface area contributed by atoms with Gasteiger partial charge in [-0.05, 0) is 26.0 Å². The molecule has 0 spiro atoms. The summed E-state index contributed by atoms with van der Waals surface area (Å²) in [4.78, 5) is 9.51. The number of aryl methyl sites for hydroxylation is 2. The summed E-state index contributed by atoms with van der Waals surface area (Å²) in [5.41, 5.74) is 4.80. The van der Waals surface area contributed by atoms with Crippen LogP contribution < -0.4 is 5.32 Å². The quantitative estimate of drug-likeness (QED) is 0.864. The summed E-state index contributed by atoms with van der Waals surface area (Å²) in [5.74, 6) is 0. The molecule has 0 saturated heterocycles. The number of amidine groups is 1. The second-order valence-corrected chi connectivity index (χ2v) is 8.30. The van der Waals surface area contributed by atoms with Crippen LogP contribution in [0.15, 0.2) is 58.5 Å². The van der Waals surface area contributed by atoms with Crippen molar-refractivity contribution in [3.05, 3.63) is 65.2 Å². The van der Waals surface area contributed by atoms with E-state index >= 15 is 0 Å². The van der Waals surface area contributed by atoms with Gasteiger partial charge in [0, 0.05) is 11.3 Å². The number of thioether (sulfide) groups is 2. The molecule has 0 aliphatic carbocycles. The predicted octanol–water partition coefficient (Wildman–Crippen LogP) is 4.66. The van der Waals surface area contributed by atoms with Gasteiger partial charge in [0.05, 0.1) is 0 Å². The molecule has 1 N–H and O–H groups in total. The summed E-state index contributed by atoms with van der Waals surface area (Å²) >= 11 is 3.58. The van der Waals surface area contributed by atoms with E-state index in [0.29, 0.717) is 4.58 Å². The maximum absolute atomic E-state index is 4.79. The molecule has 0 fully saturated rings. The average Bonchev–Trinajstić information content (AvgIpc) is 3.09. The van der Waals surface area contributed by atoms with Gasteiger partial charge in [-0.25, -0.2) is 9.98 Å². The van der Waals surface area contributed by atoms with Crippen LogP contribution in [0.5, 0.6) is 0 Å². The highest BCUT2D eigenvalue weighted by molar-refractivity contribution is 8.31. The lowest BCUT2D eigenvalue weighted by molar-refractivity contribution is 0.809. The van der Waals surface area contributed by atoms with E-state index in [1.807, 2.05) is 11.8 Å².